The number of aromatic nitrogens is 1. The number of rotatable bonds is 8. The first-order valence-electron chi connectivity index (χ1n) is 9.75. The Kier molecular flexibility index (Phi) is 7.31. The van der Waals surface area contributed by atoms with Gasteiger partial charge in [-0.3, -0.25) is 14.8 Å². The van der Waals surface area contributed by atoms with Crippen LogP contribution in [0.3, 0.4) is 0 Å². The summed E-state index contributed by atoms with van der Waals surface area (Å²) < 4.78 is 0. The molecule has 0 bridgehead atoms. The van der Waals surface area contributed by atoms with Gasteiger partial charge in [-0.15, -0.1) is 0 Å². The van der Waals surface area contributed by atoms with Gasteiger partial charge in [0.05, 0.1) is 6.10 Å². The van der Waals surface area contributed by atoms with Gasteiger partial charge >= 0.3 is 0 Å². The number of anilines is 1. The van der Waals surface area contributed by atoms with Crippen molar-refractivity contribution < 1.29 is 19.9 Å². The van der Waals surface area contributed by atoms with E-state index in [2.05, 4.69) is 15.6 Å². The number of hydrogen-bond acceptors (Lipinski definition) is 6. The van der Waals surface area contributed by atoms with E-state index in [-0.39, 0.29) is 0 Å². The molecule has 2 atom stereocenters. The molecular weight excluding hydrogens is 396 g/mol. The lowest BCUT2D eigenvalue weighted by atomic mass is 10.0. The van der Waals surface area contributed by atoms with Crippen LogP contribution in [0.4, 0.5) is 5.82 Å². The lowest BCUT2D eigenvalue weighted by molar-refractivity contribution is -0.133. The first kappa shape index (κ1) is 21.9. The van der Waals surface area contributed by atoms with Gasteiger partial charge in [0, 0.05) is 23.9 Å². The van der Waals surface area contributed by atoms with Gasteiger partial charge in [-0.1, -0.05) is 42.5 Å². The van der Waals surface area contributed by atoms with E-state index in [1.54, 1.807) is 30.5 Å². The number of carbonyl (C=O) groups is 2. The summed E-state index contributed by atoms with van der Waals surface area (Å²) in [4.78, 5) is 28.4. The van der Waals surface area contributed by atoms with Gasteiger partial charge in [0.25, 0.3) is 11.8 Å². The fraction of sp³-hybridized carbons (Fsp3) is 0.174. The number of nitrogens with zero attached hydrogens (tertiary/aromatic N) is 1. The average molecular weight is 420 g/mol. The Morgan fingerprint density at radius 2 is 1.65 bits per heavy atom. The molecule has 3 aromatic rings. The summed E-state index contributed by atoms with van der Waals surface area (Å²) in [7, 11) is 0. The van der Waals surface area contributed by atoms with E-state index < -0.39 is 24.0 Å². The Morgan fingerprint density at radius 3 is 2.23 bits per heavy atom. The predicted molar refractivity (Wildman–Crippen MR) is 116 cm³/mol. The zero-order valence-electron chi connectivity index (χ0n) is 16.9. The maximum Gasteiger partial charge on any atom is 0.268 e. The third-order valence-electron chi connectivity index (χ3n) is 4.72. The highest BCUT2D eigenvalue weighted by molar-refractivity contribution is 5.97. The summed E-state index contributed by atoms with van der Waals surface area (Å²) in [5, 5.41) is 24.0. The molecule has 0 aliphatic carbocycles. The molecule has 1 heterocycles. The summed E-state index contributed by atoms with van der Waals surface area (Å²) in [5.41, 5.74) is 4.67. The number of benzene rings is 2. The summed E-state index contributed by atoms with van der Waals surface area (Å²) >= 11 is 0. The van der Waals surface area contributed by atoms with Crippen LogP contribution in [0.25, 0.3) is 11.1 Å². The van der Waals surface area contributed by atoms with Crippen molar-refractivity contribution in [2.75, 3.05) is 5.32 Å². The smallest absolute Gasteiger partial charge is 0.268 e. The molecule has 0 aliphatic rings. The van der Waals surface area contributed by atoms with Crippen molar-refractivity contribution in [3.63, 3.8) is 0 Å². The minimum absolute atomic E-state index is 0.314. The number of amides is 2. The van der Waals surface area contributed by atoms with E-state index in [0.29, 0.717) is 12.1 Å². The molecule has 0 aliphatic heterocycles. The van der Waals surface area contributed by atoms with Gasteiger partial charge in [-0.05, 0) is 42.3 Å². The average Bonchev–Trinajstić information content (AvgIpc) is 2.81. The fourth-order valence-corrected chi connectivity index (χ4v) is 2.97. The molecule has 0 fully saturated rings. The van der Waals surface area contributed by atoms with Crippen molar-refractivity contribution in [3.05, 3.63) is 84.1 Å². The normalized spacial score (nSPS) is 12.5. The first-order chi connectivity index (χ1) is 15.0. The lowest BCUT2D eigenvalue weighted by Gasteiger charge is -2.19. The maximum atomic E-state index is 12.4. The molecular formula is C23H24N4O4. The molecule has 1 aromatic heterocycles. The Hall–Kier alpha value is -3.75. The molecule has 3 rings (SSSR count). The van der Waals surface area contributed by atoms with Crippen LogP contribution in [0.2, 0.25) is 0 Å². The predicted octanol–water partition coefficient (Wildman–Crippen LogP) is 2.35. The fourth-order valence-electron chi connectivity index (χ4n) is 2.97. The van der Waals surface area contributed by atoms with E-state index in [9.17, 15) is 14.7 Å². The van der Waals surface area contributed by atoms with E-state index in [1.165, 1.54) is 12.4 Å². The van der Waals surface area contributed by atoms with Crippen LogP contribution < -0.4 is 16.1 Å². The number of nitrogens with one attached hydrogen (secondary N) is 3. The maximum absolute atomic E-state index is 12.4. The standard InChI is InChI=1S/C23H24N4O4/c1-15(28)21(23(30)27-31)26-22(29)18-9-7-17(8-10-18)19-11-12-20(25-14-19)24-13-16-5-3-2-4-6-16/h2-12,14-15,21,28,31H,13H2,1H3,(H,24,25)(H,26,29)(H,27,30)/t15-,21+/m1/s1. The second-order valence-electron chi connectivity index (χ2n) is 7.02. The summed E-state index contributed by atoms with van der Waals surface area (Å²) in [6.07, 6.45) is 0.577. The Morgan fingerprint density at radius 1 is 0.968 bits per heavy atom. The highest BCUT2D eigenvalue weighted by atomic mass is 16.5. The number of aliphatic hydroxyl groups is 1. The second-order valence-corrected chi connectivity index (χ2v) is 7.02. The largest absolute Gasteiger partial charge is 0.391 e. The lowest BCUT2D eigenvalue weighted by Crippen LogP contribution is -2.51. The summed E-state index contributed by atoms with van der Waals surface area (Å²) in [6, 6.07) is 19.4. The quantitative estimate of drug-likeness (QED) is 0.282. The molecule has 160 valence electrons. The van der Waals surface area contributed by atoms with E-state index in [0.717, 1.165) is 22.5 Å². The molecule has 0 unspecified atom stereocenters. The van der Waals surface area contributed by atoms with Crippen molar-refractivity contribution >= 4 is 17.6 Å². The van der Waals surface area contributed by atoms with Crippen LogP contribution in [-0.2, 0) is 11.3 Å². The van der Waals surface area contributed by atoms with Crippen molar-refractivity contribution in [3.8, 4) is 11.1 Å². The first-order valence-corrected chi connectivity index (χ1v) is 9.75. The van der Waals surface area contributed by atoms with Gasteiger partial charge in [0.2, 0.25) is 0 Å². The number of aliphatic hydroxyl groups excluding tert-OH is 1. The Labute approximate surface area is 179 Å². The number of hydrogen-bond donors (Lipinski definition) is 5. The van der Waals surface area contributed by atoms with Gasteiger partial charge in [0.15, 0.2) is 0 Å². The molecule has 5 N–H and O–H groups in total. The molecule has 8 heteroatoms. The monoisotopic (exact) mass is 420 g/mol. The van der Waals surface area contributed by atoms with Gasteiger partial charge < -0.3 is 15.7 Å². The molecule has 31 heavy (non-hydrogen) atoms. The van der Waals surface area contributed by atoms with Crippen LogP contribution >= 0.6 is 0 Å². The molecule has 0 saturated heterocycles. The third kappa shape index (κ3) is 5.88. The van der Waals surface area contributed by atoms with Crippen LogP contribution in [0.5, 0.6) is 0 Å². The van der Waals surface area contributed by atoms with Gasteiger partial charge in [-0.2, -0.15) is 0 Å². The number of hydroxylamine groups is 1. The van der Waals surface area contributed by atoms with E-state index >= 15 is 0 Å². The number of pyridine rings is 1. The van der Waals surface area contributed by atoms with Crippen molar-refractivity contribution in [1.29, 1.82) is 0 Å². The highest BCUT2D eigenvalue weighted by Crippen LogP contribution is 2.20. The minimum atomic E-state index is -1.27. The zero-order valence-corrected chi connectivity index (χ0v) is 16.9. The summed E-state index contributed by atoms with van der Waals surface area (Å²) in [6.45, 7) is 2.02. The van der Waals surface area contributed by atoms with Gasteiger partial charge in [0.1, 0.15) is 11.9 Å². The zero-order chi connectivity index (χ0) is 22.2. The molecule has 8 nitrogen and oxygen atoms in total. The van der Waals surface area contributed by atoms with Crippen LogP contribution in [0, 0.1) is 0 Å². The van der Waals surface area contributed by atoms with Crippen LogP contribution in [0.15, 0.2) is 72.9 Å². The van der Waals surface area contributed by atoms with Gasteiger partial charge in [-0.25, -0.2) is 10.5 Å². The Balaban J connectivity index is 1.62. The molecule has 0 saturated carbocycles. The number of carbonyl (C=O) groups excluding carboxylic acids is 2. The summed E-state index contributed by atoms with van der Waals surface area (Å²) in [5.74, 6) is -0.679. The van der Waals surface area contributed by atoms with E-state index in [4.69, 9.17) is 5.21 Å². The third-order valence-corrected chi connectivity index (χ3v) is 4.72. The topological polar surface area (TPSA) is 124 Å². The molecule has 0 radical (unpaired) electrons. The molecule has 2 aromatic carbocycles. The minimum Gasteiger partial charge on any atom is -0.391 e. The van der Waals surface area contributed by atoms with Crippen LogP contribution in [0.1, 0.15) is 22.8 Å². The SMILES string of the molecule is C[C@@H](O)[C@H](NC(=O)c1ccc(-c2ccc(NCc3ccccc3)nc2)cc1)C(=O)NO. The Bertz CT molecular complexity index is 1010. The van der Waals surface area contributed by atoms with Crippen molar-refractivity contribution in [1.82, 2.24) is 15.8 Å². The van der Waals surface area contributed by atoms with Crippen molar-refractivity contribution in [2.45, 2.75) is 25.6 Å². The van der Waals surface area contributed by atoms with E-state index in [1.807, 2.05) is 42.5 Å². The van der Waals surface area contributed by atoms with Crippen molar-refractivity contribution in [2.24, 2.45) is 0 Å². The molecule has 2 amide bonds. The molecule has 0 spiro atoms. The second kappa shape index (κ2) is 10.3. The van der Waals surface area contributed by atoms with Crippen LogP contribution in [-0.4, -0.2) is 39.3 Å². The highest BCUT2D eigenvalue weighted by Gasteiger charge is 2.25.